The van der Waals surface area contributed by atoms with Crippen molar-refractivity contribution in [3.05, 3.63) is 72.1 Å². The molecular formula is C19H17N3O3. The Bertz CT molecular complexity index is 901. The van der Waals surface area contributed by atoms with E-state index in [0.717, 1.165) is 5.69 Å². The van der Waals surface area contributed by atoms with Crippen LogP contribution in [0.2, 0.25) is 0 Å². The number of hydrogen-bond donors (Lipinski definition) is 0. The number of aromatic nitrogens is 3. The minimum Gasteiger partial charge on any atom is -0.497 e. The predicted octanol–water partition coefficient (Wildman–Crippen LogP) is 3.18. The van der Waals surface area contributed by atoms with E-state index in [0.29, 0.717) is 22.8 Å². The lowest BCUT2D eigenvalue weighted by Gasteiger charge is -2.07. The third kappa shape index (κ3) is 3.74. The van der Waals surface area contributed by atoms with Crippen molar-refractivity contribution < 1.29 is 14.3 Å². The largest absolute Gasteiger partial charge is 0.497 e. The van der Waals surface area contributed by atoms with Crippen LogP contribution in [0.1, 0.15) is 16.1 Å². The number of allylic oxidation sites excluding steroid dienone is 1. The molecule has 25 heavy (non-hydrogen) atoms. The van der Waals surface area contributed by atoms with Gasteiger partial charge in [-0.3, -0.25) is 4.79 Å². The monoisotopic (exact) mass is 335 g/mol. The molecule has 0 saturated carbocycles. The first kappa shape index (κ1) is 16.4. The Labute approximate surface area is 145 Å². The van der Waals surface area contributed by atoms with Gasteiger partial charge in [0.2, 0.25) is 0 Å². The minimum atomic E-state index is -0.186. The number of ketones is 1. The van der Waals surface area contributed by atoms with Crippen molar-refractivity contribution in [1.82, 2.24) is 15.0 Å². The molecule has 6 nitrogen and oxygen atoms in total. The average Bonchev–Trinajstić information content (AvgIpc) is 3.15. The second-order valence-electron chi connectivity index (χ2n) is 5.19. The van der Waals surface area contributed by atoms with E-state index in [1.165, 1.54) is 13.2 Å². The first-order valence-electron chi connectivity index (χ1n) is 7.63. The molecule has 0 aliphatic rings. The molecule has 1 heterocycles. The molecule has 0 aliphatic heterocycles. The van der Waals surface area contributed by atoms with E-state index in [9.17, 15) is 4.79 Å². The van der Waals surface area contributed by atoms with Gasteiger partial charge in [-0.05, 0) is 36.4 Å². The molecule has 0 amide bonds. The Morgan fingerprint density at radius 3 is 2.60 bits per heavy atom. The van der Waals surface area contributed by atoms with Crippen molar-refractivity contribution in [2.45, 2.75) is 0 Å². The normalized spacial score (nSPS) is 10.8. The van der Waals surface area contributed by atoms with Crippen molar-refractivity contribution >= 4 is 11.9 Å². The predicted molar refractivity (Wildman–Crippen MR) is 94.3 cm³/mol. The van der Waals surface area contributed by atoms with Gasteiger partial charge in [-0.15, -0.1) is 5.10 Å². The summed E-state index contributed by atoms with van der Waals surface area (Å²) in [5.41, 5.74) is 1.94. The lowest BCUT2D eigenvalue weighted by Crippen LogP contribution is -1.99. The highest BCUT2D eigenvalue weighted by Gasteiger charge is 2.11. The van der Waals surface area contributed by atoms with Crippen LogP contribution in [0.3, 0.4) is 0 Å². The van der Waals surface area contributed by atoms with Gasteiger partial charge in [0.25, 0.3) is 0 Å². The van der Waals surface area contributed by atoms with Crippen molar-refractivity contribution in [3.63, 3.8) is 0 Å². The molecule has 3 rings (SSSR count). The Hall–Kier alpha value is -3.41. The van der Waals surface area contributed by atoms with Gasteiger partial charge in [0.05, 0.1) is 31.7 Å². The molecule has 0 aliphatic carbocycles. The zero-order chi connectivity index (χ0) is 17.6. The fourth-order valence-corrected chi connectivity index (χ4v) is 2.31. The number of methoxy groups -OCH3 is 2. The zero-order valence-electron chi connectivity index (χ0n) is 13.9. The Kier molecular flexibility index (Phi) is 4.89. The number of rotatable bonds is 6. The van der Waals surface area contributed by atoms with Crippen LogP contribution >= 0.6 is 0 Å². The number of ether oxygens (including phenoxy) is 2. The summed E-state index contributed by atoms with van der Waals surface area (Å²) in [5.74, 6) is 0.902. The van der Waals surface area contributed by atoms with Gasteiger partial charge in [-0.25, -0.2) is 4.68 Å². The van der Waals surface area contributed by atoms with Crippen LogP contribution in [-0.4, -0.2) is 35.0 Å². The summed E-state index contributed by atoms with van der Waals surface area (Å²) < 4.78 is 12.0. The number of carbonyl (C=O) groups excluding carboxylic acids is 1. The smallest absolute Gasteiger partial charge is 0.189 e. The van der Waals surface area contributed by atoms with Crippen LogP contribution < -0.4 is 9.47 Å². The van der Waals surface area contributed by atoms with E-state index < -0.39 is 0 Å². The first-order chi connectivity index (χ1) is 12.2. The zero-order valence-corrected chi connectivity index (χ0v) is 13.9. The van der Waals surface area contributed by atoms with Crippen molar-refractivity contribution in [1.29, 1.82) is 0 Å². The van der Waals surface area contributed by atoms with E-state index in [1.807, 2.05) is 30.3 Å². The number of benzene rings is 2. The molecule has 126 valence electrons. The molecule has 1 aromatic heterocycles. The molecule has 3 aromatic rings. The van der Waals surface area contributed by atoms with Crippen LogP contribution in [0.5, 0.6) is 11.5 Å². The SMILES string of the molecule is COc1ccc(C(=O)C=Cc2cn(-c3ccccc3)nn2)c(OC)c1. The molecular weight excluding hydrogens is 318 g/mol. The van der Waals surface area contributed by atoms with Crippen molar-refractivity contribution in [2.24, 2.45) is 0 Å². The molecule has 0 spiro atoms. The summed E-state index contributed by atoms with van der Waals surface area (Å²) in [6.45, 7) is 0. The molecule has 6 heteroatoms. The van der Waals surface area contributed by atoms with E-state index in [1.54, 1.807) is 42.3 Å². The van der Waals surface area contributed by atoms with E-state index in [2.05, 4.69) is 10.3 Å². The van der Waals surface area contributed by atoms with Crippen LogP contribution in [0.25, 0.3) is 11.8 Å². The summed E-state index contributed by atoms with van der Waals surface area (Å²) in [7, 11) is 3.08. The Morgan fingerprint density at radius 2 is 1.88 bits per heavy atom. The lowest BCUT2D eigenvalue weighted by molar-refractivity contribution is 0.104. The summed E-state index contributed by atoms with van der Waals surface area (Å²) in [5, 5.41) is 8.11. The molecule has 0 fully saturated rings. The fourth-order valence-electron chi connectivity index (χ4n) is 2.31. The van der Waals surface area contributed by atoms with Crippen LogP contribution in [0, 0.1) is 0 Å². The number of para-hydroxylation sites is 1. The van der Waals surface area contributed by atoms with Crippen molar-refractivity contribution in [3.8, 4) is 17.2 Å². The van der Waals surface area contributed by atoms with Gasteiger partial charge in [-0.2, -0.15) is 0 Å². The molecule has 0 N–H and O–H groups in total. The standard InChI is InChI=1S/C19H17N3O3/c1-24-16-9-10-17(19(12-16)25-2)18(23)11-8-14-13-22(21-20-14)15-6-4-3-5-7-15/h3-13H,1-2H3. The van der Waals surface area contributed by atoms with E-state index >= 15 is 0 Å². The summed E-state index contributed by atoms with van der Waals surface area (Å²) in [6.07, 6.45) is 4.83. The highest BCUT2D eigenvalue weighted by molar-refractivity contribution is 6.08. The van der Waals surface area contributed by atoms with Crippen molar-refractivity contribution in [2.75, 3.05) is 14.2 Å². The van der Waals surface area contributed by atoms with Crippen LogP contribution in [0.15, 0.2) is 60.8 Å². The van der Waals surface area contributed by atoms with Gasteiger partial charge in [0.1, 0.15) is 17.2 Å². The number of hydrogen-bond acceptors (Lipinski definition) is 5. The maximum absolute atomic E-state index is 12.4. The number of nitrogens with zero attached hydrogens (tertiary/aromatic N) is 3. The van der Waals surface area contributed by atoms with Gasteiger partial charge in [0, 0.05) is 6.07 Å². The highest BCUT2D eigenvalue weighted by atomic mass is 16.5. The maximum Gasteiger partial charge on any atom is 0.189 e. The average molecular weight is 335 g/mol. The highest BCUT2D eigenvalue weighted by Crippen LogP contribution is 2.25. The second kappa shape index (κ2) is 7.44. The molecule has 0 saturated heterocycles. The third-order valence-corrected chi connectivity index (χ3v) is 3.61. The van der Waals surface area contributed by atoms with Gasteiger partial charge in [0.15, 0.2) is 5.78 Å². The summed E-state index contributed by atoms with van der Waals surface area (Å²) >= 11 is 0. The van der Waals surface area contributed by atoms with Crippen LogP contribution in [0.4, 0.5) is 0 Å². The minimum absolute atomic E-state index is 0.186. The Morgan fingerprint density at radius 1 is 1.08 bits per heavy atom. The maximum atomic E-state index is 12.4. The first-order valence-corrected chi connectivity index (χ1v) is 7.63. The van der Waals surface area contributed by atoms with E-state index in [4.69, 9.17) is 9.47 Å². The van der Waals surface area contributed by atoms with Gasteiger partial charge >= 0.3 is 0 Å². The Balaban J connectivity index is 1.78. The molecule has 0 radical (unpaired) electrons. The van der Waals surface area contributed by atoms with Gasteiger partial charge < -0.3 is 9.47 Å². The quantitative estimate of drug-likeness (QED) is 0.511. The lowest BCUT2D eigenvalue weighted by atomic mass is 10.1. The summed E-state index contributed by atoms with van der Waals surface area (Å²) in [6, 6.07) is 14.7. The molecule has 0 atom stereocenters. The van der Waals surface area contributed by atoms with Crippen LogP contribution in [-0.2, 0) is 0 Å². The third-order valence-electron chi connectivity index (χ3n) is 3.61. The van der Waals surface area contributed by atoms with Gasteiger partial charge in [-0.1, -0.05) is 23.4 Å². The second-order valence-corrected chi connectivity index (χ2v) is 5.19. The fraction of sp³-hybridized carbons (Fsp3) is 0.105. The molecule has 0 bridgehead atoms. The molecule has 0 unspecified atom stereocenters. The topological polar surface area (TPSA) is 66.2 Å². The number of carbonyl (C=O) groups is 1. The van der Waals surface area contributed by atoms with E-state index in [-0.39, 0.29) is 5.78 Å². The molecule has 2 aromatic carbocycles. The summed E-state index contributed by atoms with van der Waals surface area (Å²) in [4.78, 5) is 12.4.